The molecular formula is C35H46FN5O3. The summed E-state index contributed by atoms with van der Waals surface area (Å²) in [5, 5.41) is 7.02. The van der Waals surface area contributed by atoms with Gasteiger partial charge in [0.25, 0.3) is 0 Å². The lowest BCUT2D eigenvalue weighted by molar-refractivity contribution is -0.166. The summed E-state index contributed by atoms with van der Waals surface area (Å²) in [5.74, 6) is 0.816. The number of fused-ring (bicyclic) bond motifs is 1. The molecule has 1 amide bonds. The van der Waals surface area contributed by atoms with Gasteiger partial charge in [0.1, 0.15) is 11.4 Å². The van der Waals surface area contributed by atoms with Gasteiger partial charge in [-0.25, -0.2) is 9.78 Å². The molecule has 3 saturated heterocycles. The van der Waals surface area contributed by atoms with E-state index in [9.17, 15) is 9.18 Å². The number of aromatic amines is 1. The molecule has 2 aromatic heterocycles. The Balaban J connectivity index is 1.20. The molecule has 0 aliphatic carbocycles. The smallest absolute Gasteiger partial charge is 0.410 e. The molecule has 0 bridgehead atoms. The van der Waals surface area contributed by atoms with Gasteiger partial charge in [-0.2, -0.15) is 9.49 Å². The van der Waals surface area contributed by atoms with Gasteiger partial charge in [-0.15, -0.1) is 0 Å². The van der Waals surface area contributed by atoms with Crippen LogP contribution in [-0.2, 0) is 9.47 Å². The molecule has 3 aliphatic heterocycles. The summed E-state index contributed by atoms with van der Waals surface area (Å²) in [6.45, 7) is 17.6. The number of piperidine rings is 1. The van der Waals surface area contributed by atoms with Crippen LogP contribution in [0.15, 0.2) is 42.6 Å². The van der Waals surface area contributed by atoms with Gasteiger partial charge in [-0.1, -0.05) is 12.1 Å². The summed E-state index contributed by atoms with van der Waals surface area (Å²) in [4.78, 5) is 21.5. The molecule has 0 radical (unpaired) electrons. The van der Waals surface area contributed by atoms with Crippen LogP contribution < -0.4 is 4.90 Å². The van der Waals surface area contributed by atoms with Gasteiger partial charge in [0, 0.05) is 43.4 Å². The fourth-order valence-corrected chi connectivity index (χ4v) is 7.50. The number of ether oxygens (including phenoxy) is 2. The van der Waals surface area contributed by atoms with Crippen LogP contribution >= 0.6 is 0 Å². The number of nitrogens with one attached hydrogen (secondary N) is 1. The van der Waals surface area contributed by atoms with Crippen LogP contribution in [0.5, 0.6) is 0 Å². The van der Waals surface area contributed by atoms with Crippen LogP contribution in [0.25, 0.3) is 16.5 Å². The normalized spacial score (nSPS) is 21.9. The zero-order valence-electron chi connectivity index (χ0n) is 27.2. The second-order valence-electron chi connectivity index (χ2n) is 15.4. The van der Waals surface area contributed by atoms with Crippen LogP contribution in [0.4, 0.5) is 15.0 Å². The first kappa shape index (κ1) is 30.6. The first-order valence-corrected chi connectivity index (χ1v) is 15.8. The number of nitrogens with zero attached hydrogens (tertiary/aromatic N) is 4. The number of halogens is 1. The maximum Gasteiger partial charge on any atom is 0.410 e. The van der Waals surface area contributed by atoms with Gasteiger partial charge < -0.3 is 19.3 Å². The number of hydrogen-bond acceptors (Lipinski definition) is 6. The first-order valence-electron chi connectivity index (χ1n) is 15.8. The molecule has 5 heterocycles. The molecule has 44 heavy (non-hydrogen) atoms. The minimum absolute atomic E-state index is 0.176. The number of allylic oxidation sites excluding steroid dienone is 1. The summed E-state index contributed by atoms with van der Waals surface area (Å²) >= 11 is 0. The molecule has 3 fully saturated rings. The van der Waals surface area contributed by atoms with E-state index < -0.39 is 11.5 Å². The van der Waals surface area contributed by atoms with Gasteiger partial charge in [-0.05, 0) is 115 Å². The molecule has 3 aromatic rings. The Kier molecular flexibility index (Phi) is 7.54. The Morgan fingerprint density at radius 3 is 2.32 bits per heavy atom. The van der Waals surface area contributed by atoms with Crippen molar-refractivity contribution in [3.05, 3.63) is 59.7 Å². The summed E-state index contributed by atoms with van der Waals surface area (Å²) in [5.41, 5.74) is 2.80. The Morgan fingerprint density at radius 1 is 1.05 bits per heavy atom. The van der Waals surface area contributed by atoms with Crippen LogP contribution in [0.2, 0.25) is 0 Å². The van der Waals surface area contributed by atoms with Crippen molar-refractivity contribution in [1.29, 1.82) is 0 Å². The molecule has 6 rings (SSSR count). The van der Waals surface area contributed by atoms with Gasteiger partial charge in [-0.3, -0.25) is 5.10 Å². The number of H-pyrrole nitrogens is 1. The Morgan fingerprint density at radius 2 is 1.70 bits per heavy atom. The van der Waals surface area contributed by atoms with Crippen LogP contribution in [0.1, 0.15) is 85.3 Å². The highest BCUT2D eigenvalue weighted by Crippen LogP contribution is 2.43. The number of anilines is 1. The van der Waals surface area contributed by atoms with E-state index in [1.807, 2.05) is 50.1 Å². The van der Waals surface area contributed by atoms with Crippen molar-refractivity contribution in [3.63, 3.8) is 0 Å². The van der Waals surface area contributed by atoms with E-state index in [1.54, 1.807) is 0 Å². The number of aromatic nitrogens is 3. The average molecular weight is 604 g/mol. The molecule has 8 nitrogen and oxygen atoms in total. The molecule has 0 saturated carbocycles. The van der Waals surface area contributed by atoms with E-state index in [2.05, 4.69) is 61.0 Å². The standard InChI is InChI=1S/C35H46FN5O3/c1-32(2,3)43-31(42)41-21-35(22-41)12-14-40(15-13-35)29-11-9-25(20-37-29)26(16-23-18-33(4,5)44-34(6,7)19-23)24-8-10-28-27(17-24)30(36)39-38-28/h8-11,16-17,20,23H,12-15,18-19,21-22H2,1-7H3,(H,38,39). The summed E-state index contributed by atoms with van der Waals surface area (Å²) in [6.07, 6.45) is 7.90. The van der Waals surface area contributed by atoms with E-state index >= 15 is 0 Å². The largest absolute Gasteiger partial charge is 0.444 e. The lowest BCUT2D eigenvalue weighted by Crippen LogP contribution is -2.62. The van der Waals surface area contributed by atoms with E-state index in [1.165, 1.54) is 0 Å². The predicted molar refractivity (Wildman–Crippen MR) is 171 cm³/mol. The van der Waals surface area contributed by atoms with E-state index in [4.69, 9.17) is 14.5 Å². The molecule has 236 valence electrons. The third-order valence-corrected chi connectivity index (χ3v) is 9.19. The summed E-state index contributed by atoms with van der Waals surface area (Å²) < 4.78 is 26.4. The highest BCUT2D eigenvalue weighted by atomic mass is 19.1. The molecule has 1 N–H and O–H groups in total. The Hall–Kier alpha value is -3.46. The van der Waals surface area contributed by atoms with Crippen molar-refractivity contribution >= 4 is 28.4 Å². The lowest BCUT2D eigenvalue weighted by Gasteiger charge is -2.53. The number of hydrogen-bond donors (Lipinski definition) is 1. The predicted octanol–water partition coefficient (Wildman–Crippen LogP) is 7.35. The lowest BCUT2D eigenvalue weighted by atomic mass is 9.72. The van der Waals surface area contributed by atoms with Crippen LogP contribution in [0, 0.1) is 17.3 Å². The molecule has 1 aromatic carbocycles. The maximum absolute atomic E-state index is 14.5. The van der Waals surface area contributed by atoms with Gasteiger partial charge in [0.2, 0.25) is 5.95 Å². The first-order chi connectivity index (χ1) is 20.6. The van der Waals surface area contributed by atoms with Crippen molar-refractivity contribution in [1.82, 2.24) is 20.1 Å². The molecule has 3 aliphatic rings. The van der Waals surface area contributed by atoms with E-state index in [0.29, 0.717) is 10.9 Å². The van der Waals surface area contributed by atoms with Crippen LogP contribution in [-0.4, -0.2) is 69.2 Å². The van der Waals surface area contributed by atoms with Crippen molar-refractivity contribution in [3.8, 4) is 0 Å². The van der Waals surface area contributed by atoms with Crippen LogP contribution in [0.3, 0.4) is 0 Å². The zero-order chi connectivity index (χ0) is 31.5. The highest BCUT2D eigenvalue weighted by molar-refractivity contribution is 5.87. The third kappa shape index (κ3) is 6.48. The summed E-state index contributed by atoms with van der Waals surface area (Å²) in [6, 6.07) is 10.0. The van der Waals surface area contributed by atoms with E-state index in [0.717, 1.165) is 74.4 Å². The van der Waals surface area contributed by atoms with Crippen molar-refractivity contribution < 1.29 is 18.7 Å². The number of amides is 1. The molecule has 0 unspecified atom stereocenters. The minimum atomic E-state index is -0.476. The van der Waals surface area contributed by atoms with Crippen molar-refractivity contribution in [2.75, 3.05) is 31.1 Å². The number of carbonyl (C=O) groups excluding carboxylic acids is 1. The fourth-order valence-electron chi connectivity index (χ4n) is 7.50. The minimum Gasteiger partial charge on any atom is -0.444 e. The highest BCUT2D eigenvalue weighted by Gasteiger charge is 2.48. The molecule has 0 atom stereocenters. The number of likely N-dealkylation sites (tertiary alicyclic amines) is 1. The quantitative estimate of drug-likeness (QED) is 0.336. The number of rotatable bonds is 4. The van der Waals surface area contributed by atoms with E-state index in [-0.39, 0.29) is 28.6 Å². The SMILES string of the molecule is CC(C)(C)OC(=O)N1CC2(CCN(c3ccc(C(=CC4CC(C)(C)OC(C)(C)C4)c4ccc5n[nH]c(F)c5c4)cn3)CC2)C1. The number of benzene rings is 1. The number of pyridine rings is 1. The number of carbonyl (C=O) groups is 1. The molecule has 9 heteroatoms. The molecular weight excluding hydrogens is 557 g/mol. The zero-order valence-corrected chi connectivity index (χ0v) is 27.2. The fraction of sp³-hybridized carbons (Fsp3) is 0.571. The Bertz CT molecular complexity index is 1540. The second-order valence-corrected chi connectivity index (χ2v) is 15.4. The topological polar surface area (TPSA) is 83.6 Å². The average Bonchev–Trinajstić information content (AvgIpc) is 3.28. The third-order valence-electron chi connectivity index (χ3n) is 9.19. The van der Waals surface area contributed by atoms with Gasteiger partial charge in [0.05, 0.1) is 22.1 Å². The molecule has 1 spiro atoms. The van der Waals surface area contributed by atoms with Crippen molar-refractivity contribution in [2.24, 2.45) is 11.3 Å². The van der Waals surface area contributed by atoms with Crippen molar-refractivity contribution in [2.45, 2.75) is 91.0 Å². The maximum atomic E-state index is 14.5. The Labute approximate surface area is 260 Å². The summed E-state index contributed by atoms with van der Waals surface area (Å²) in [7, 11) is 0. The van der Waals surface area contributed by atoms with Gasteiger partial charge >= 0.3 is 6.09 Å². The van der Waals surface area contributed by atoms with Gasteiger partial charge in [0.15, 0.2) is 0 Å². The monoisotopic (exact) mass is 603 g/mol. The second kappa shape index (κ2) is 10.9.